The van der Waals surface area contributed by atoms with Crippen LogP contribution in [0.15, 0.2) is 6.20 Å². The summed E-state index contributed by atoms with van der Waals surface area (Å²) in [7, 11) is 0. The number of ether oxygens (including phenoxy) is 1. The van der Waals surface area contributed by atoms with Gasteiger partial charge in [-0.25, -0.2) is 9.78 Å². The number of nitrogens with zero attached hydrogens (tertiary/aromatic N) is 2. The number of aryl methyl sites for hydroxylation is 1. The maximum atomic E-state index is 12.3. The van der Waals surface area contributed by atoms with Crippen LogP contribution < -0.4 is 5.32 Å². The van der Waals surface area contributed by atoms with E-state index in [1.807, 2.05) is 27.7 Å². The first kappa shape index (κ1) is 16.7. The molecule has 0 saturated carbocycles. The summed E-state index contributed by atoms with van der Waals surface area (Å²) < 4.78 is 5.37. The second-order valence-corrected chi connectivity index (χ2v) is 7.71. The van der Waals surface area contributed by atoms with Gasteiger partial charge in [0.25, 0.3) is 0 Å². The van der Waals surface area contributed by atoms with Gasteiger partial charge in [-0.1, -0.05) is 0 Å². The summed E-state index contributed by atoms with van der Waals surface area (Å²) in [6, 6.07) is -0.441. The van der Waals surface area contributed by atoms with Crippen molar-refractivity contribution >= 4 is 23.3 Å². The molecule has 2 amide bonds. The summed E-state index contributed by atoms with van der Waals surface area (Å²) in [5.41, 5.74) is -0.555. The Labute approximate surface area is 134 Å². The van der Waals surface area contributed by atoms with E-state index in [1.54, 1.807) is 17.5 Å². The maximum absolute atomic E-state index is 12.3. The van der Waals surface area contributed by atoms with Crippen LogP contribution >= 0.6 is 11.3 Å². The van der Waals surface area contributed by atoms with Gasteiger partial charge in [-0.2, -0.15) is 0 Å². The minimum Gasteiger partial charge on any atom is -0.444 e. The van der Waals surface area contributed by atoms with Crippen molar-refractivity contribution in [2.75, 3.05) is 6.54 Å². The number of carbonyl (C=O) groups is 2. The third kappa shape index (κ3) is 4.43. The highest BCUT2D eigenvalue weighted by Crippen LogP contribution is 2.21. The van der Waals surface area contributed by atoms with Crippen LogP contribution in [-0.4, -0.2) is 40.1 Å². The molecule has 1 aliphatic rings. The lowest BCUT2D eigenvalue weighted by Gasteiger charge is -2.28. The quantitative estimate of drug-likeness (QED) is 0.926. The highest BCUT2D eigenvalue weighted by atomic mass is 32.1. The van der Waals surface area contributed by atoms with Crippen molar-refractivity contribution in [2.24, 2.45) is 0 Å². The number of thiazole rings is 1. The summed E-state index contributed by atoms with van der Waals surface area (Å²) >= 11 is 1.56. The Morgan fingerprint density at radius 3 is 2.82 bits per heavy atom. The summed E-state index contributed by atoms with van der Waals surface area (Å²) in [6.45, 7) is 8.40. The Morgan fingerprint density at radius 2 is 2.23 bits per heavy atom. The molecule has 1 aromatic rings. The highest BCUT2D eigenvalue weighted by Gasteiger charge is 2.36. The van der Waals surface area contributed by atoms with Crippen LogP contribution in [0, 0.1) is 6.92 Å². The van der Waals surface area contributed by atoms with Crippen molar-refractivity contribution in [1.29, 1.82) is 0 Å². The number of carbonyl (C=O) groups excluding carboxylic acids is 2. The van der Waals surface area contributed by atoms with E-state index >= 15 is 0 Å². The highest BCUT2D eigenvalue weighted by molar-refractivity contribution is 7.11. The topological polar surface area (TPSA) is 71.5 Å². The zero-order valence-electron chi connectivity index (χ0n) is 13.5. The minimum atomic E-state index is -0.555. The molecule has 122 valence electrons. The van der Waals surface area contributed by atoms with E-state index < -0.39 is 17.7 Å². The van der Waals surface area contributed by atoms with Crippen LogP contribution in [0.3, 0.4) is 0 Å². The summed E-state index contributed by atoms with van der Waals surface area (Å²) in [4.78, 5) is 31.2. The molecule has 0 radical (unpaired) electrons. The van der Waals surface area contributed by atoms with Gasteiger partial charge in [0.15, 0.2) is 0 Å². The first-order valence-electron chi connectivity index (χ1n) is 7.45. The van der Waals surface area contributed by atoms with Crippen LogP contribution in [0.1, 0.15) is 43.5 Å². The molecule has 6 nitrogen and oxygen atoms in total. The van der Waals surface area contributed by atoms with Gasteiger partial charge >= 0.3 is 6.09 Å². The lowest BCUT2D eigenvalue weighted by Crippen LogP contribution is -2.47. The van der Waals surface area contributed by atoms with E-state index in [1.165, 1.54) is 4.90 Å². The van der Waals surface area contributed by atoms with Gasteiger partial charge in [-0.3, -0.25) is 9.69 Å². The molecule has 1 fully saturated rings. The van der Waals surface area contributed by atoms with Gasteiger partial charge in [0.05, 0.1) is 11.6 Å². The van der Waals surface area contributed by atoms with Crippen molar-refractivity contribution < 1.29 is 14.3 Å². The molecule has 22 heavy (non-hydrogen) atoms. The van der Waals surface area contributed by atoms with Crippen molar-refractivity contribution in [2.45, 2.75) is 58.7 Å². The molecule has 1 N–H and O–H groups in total. The standard InChI is InChI=1S/C15H23N3O3S/c1-10-16-8-11(22-10)9-17-13(19)12-6-5-7-18(12)14(20)21-15(2,3)4/h8,12H,5-7,9H2,1-4H3,(H,17,19)/t12-/m0/s1. The second-order valence-electron chi connectivity index (χ2n) is 6.40. The van der Waals surface area contributed by atoms with Crippen LogP contribution in [-0.2, 0) is 16.1 Å². The predicted octanol–water partition coefficient (Wildman–Crippen LogP) is 2.47. The van der Waals surface area contributed by atoms with Crippen LogP contribution in [0.5, 0.6) is 0 Å². The summed E-state index contributed by atoms with van der Waals surface area (Å²) in [6.07, 6.45) is 2.84. The average Bonchev–Trinajstić information content (AvgIpc) is 3.02. The molecule has 0 aromatic carbocycles. The Morgan fingerprint density at radius 1 is 1.50 bits per heavy atom. The Hall–Kier alpha value is -1.63. The number of hydrogen-bond donors (Lipinski definition) is 1. The van der Waals surface area contributed by atoms with Crippen molar-refractivity contribution in [3.8, 4) is 0 Å². The minimum absolute atomic E-state index is 0.130. The van der Waals surface area contributed by atoms with Gasteiger partial charge < -0.3 is 10.1 Å². The summed E-state index contributed by atoms with van der Waals surface area (Å²) in [5.74, 6) is -0.130. The smallest absolute Gasteiger partial charge is 0.410 e. The monoisotopic (exact) mass is 325 g/mol. The van der Waals surface area contributed by atoms with Crippen LogP contribution in [0.25, 0.3) is 0 Å². The van der Waals surface area contributed by atoms with Gasteiger partial charge in [0.1, 0.15) is 11.6 Å². The molecular formula is C15H23N3O3S. The maximum Gasteiger partial charge on any atom is 0.410 e. The van der Waals surface area contributed by atoms with E-state index in [4.69, 9.17) is 4.74 Å². The van der Waals surface area contributed by atoms with E-state index in [0.29, 0.717) is 19.5 Å². The Kier molecular flexibility index (Phi) is 5.05. The molecule has 1 saturated heterocycles. The largest absolute Gasteiger partial charge is 0.444 e. The SMILES string of the molecule is Cc1ncc(CNC(=O)[C@@H]2CCCN2C(=O)OC(C)(C)C)s1. The Bertz CT molecular complexity index is 550. The first-order valence-corrected chi connectivity index (χ1v) is 8.26. The molecule has 0 spiro atoms. The molecule has 0 unspecified atom stereocenters. The van der Waals surface area contributed by atoms with Gasteiger partial charge in [-0.15, -0.1) is 11.3 Å². The van der Waals surface area contributed by atoms with Gasteiger partial charge in [0.2, 0.25) is 5.91 Å². The van der Waals surface area contributed by atoms with Crippen LogP contribution in [0.4, 0.5) is 4.79 Å². The van der Waals surface area contributed by atoms with Crippen molar-refractivity contribution in [3.05, 3.63) is 16.1 Å². The number of aromatic nitrogens is 1. The second kappa shape index (κ2) is 6.64. The van der Waals surface area contributed by atoms with E-state index in [9.17, 15) is 9.59 Å². The Balaban J connectivity index is 1.91. The number of amides is 2. The fraction of sp³-hybridized carbons (Fsp3) is 0.667. The number of nitrogens with one attached hydrogen (secondary N) is 1. The van der Waals surface area contributed by atoms with Crippen LogP contribution in [0.2, 0.25) is 0 Å². The van der Waals surface area contributed by atoms with E-state index in [0.717, 1.165) is 16.3 Å². The zero-order valence-corrected chi connectivity index (χ0v) is 14.3. The lowest BCUT2D eigenvalue weighted by atomic mass is 10.2. The fourth-order valence-electron chi connectivity index (χ4n) is 2.36. The van der Waals surface area contributed by atoms with Gasteiger partial charge in [-0.05, 0) is 40.5 Å². The molecular weight excluding hydrogens is 302 g/mol. The normalized spacial score (nSPS) is 18.4. The molecule has 7 heteroatoms. The third-order valence-electron chi connectivity index (χ3n) is 3.29. The molecule has 0 bridgehead atoms. The number of rotatable bonds is 3. The van der Waals surface area contributed by atoms with Gasteiger partial charge in [0, 0.05) is 17.6 Å². The molecule has 1 atom stereocenters. The fourth-order valence-corrected chi connectivity index (χ4v) is 3.09. The molecule has 0 aliphatic carbocycles. The first-order chi connectivity index (χ1) is 10.3. The molecule has 1 aromatic heterocycles. The average molecular weight is 325 g/mol. The van der Waals surface area contributed by atoms with E-state index in [-0.39, 0.29) is 5.91 Å². The molecule has 1 aliphatic heterocycles. The third-order valence-corrected chi connectivity index (χ3v) is 4.20. The van der Waals surface area contributed by atoms with Crippen molar-refractivity contribution in [1.82, 2.24) is 15.2 Å². The van der Waals surface area contributed by atoms with Crippen molar-refractivity contribution in [3.63, 3.8) is 0 Å². The van der Waals surface area contributed by atoms with E-state index in [2.05, 4.69) is 10.3 Å². The number of likely N-dealkylation sites (tertiary alicyclic amines) is 1. The zero-order chi connectivity index (χ0) is 16.3. The summed E-state index contributed by atoms with van der Waals surface area (Å²) in [5, 5.41) is 3.86. The lowest BCUT2D eigenvalue weighted by molar-refractivity contribution is -0.125. The predicted molar refractivity (Wildman–Crippen MR) is 84.7 cm³/mol. The molecule has 2 heterocycles. The molecule has 2 rings (SSSR count). The number of hydrogen-bond acceptors (Lipinski definition) is 5.